The molecule has 0 atom stereocenters. The summed E-state index contributed by atoms with van der Waals surface area (Å²) in [7, 11) is -1.20. The van der Waals surface area contributed by atoms with E-state index in [1.54, 1.807) is 0 Å². The van der Waals surface area contributed by atoms with Gasteiger partial charge in [0.2, 0.25) is 0 Å². The lowest BCUT2D eigenvalue weighted by atomic mass is 10.1. The van der Waals surface area contributed by atoms with Crippen molar-refractivity contribution in [1.29, 1.82) is 0 Å². The molecule has 2 rings (SSSR count). The molecule has 0 bridgehead atoms. The van der Waals surface area contributed by atoms with Gasteiger partial charge in [0.25, 0.3) is 0 Å². The Morgan fingerprint density at radius 1 is 0.789 bits per heavy atom. The van der Waals surface area contributed by atoms with E-state index in [2.05, 4.69) is 56.0 Å². The molecule has 1 nitrogen and oxygen atoms in total. The van der Waals surface area contributed by atoms with Crippen molar-refractivity contribution < 1.29 is 4.74 Å². The van der Waals surface area contributed by atoms with Gasteiger partial charge in [-0.2, -0.15) is 0 Å². The van der Waals surface area contributed by atoms with Gasteiger partial charge in [-0.15, -0.1) is 0 Å². The number of ether oxygens (including phenoxy) is 1. The Morgan fingerprint density at radius 2 is 1.26 bits per heavy atom. The average molecular weight is 270 g/mol. The van der Waals surface area contributed by atoms with Crippen LogP contribution in [-0.2, 0) is 0 Å². The first-order chi connectivity index (χ1) is 9.00. The van der Waals surface area contributed by atoms with E-state index >= 15 is 0 Å². The van der Waals surface area contributed by atoms with Crippen LogP contribution in [-0.4, -0.2) is 14.7 Å². The van der Waals surface area contributed by atoms with E-state index in [0.717, 1.165) is 5.75 Å². The van der Waals surface area contributed by atoms with Crippen LogP contribution in [0.1, 0.15) is 6.92 Å². The van der Waals surface area contributed by atoms with Gasteiger partial charge < -0.3 is 4.74 Å². The molecular formula is C17H22OSi. The van der Waals surface area contributed by atoms with Crippen molar-refractivity contribution in [2.24, 2.45) is 0 Å². The first-order valence-corrected chi connectivity index (χ1v) is 10.3. The van der Waals surface area contributed by atoms with Crippen molar-refractivity contribution in [2.75, 3.05) is 6.61 Å². The molecule has 0 aliphatic rings. The second-order valence-electron chi connectivity index (χ2n) is 5.78. The van der Waals surface area contributed by atoms with Crippen molar-refractivity contribution in [2.45, 2.75) is 26.6 Å². The molecule has 2 aromatic rings. The Hall–Kier alpha value is -1.54. The molecule has 0 radical (unpaired) electrons. The maximum Gasteiger partial charge on any atom is 0.119 e. The van der Waals surface area contributed by atoms with Gasteiger partial charge in [-0.25, -0.2) is 0 Å². The van der Waals surface area contributed by atoms with Gasteiger partial charge in [-0.05, 0) is 30.2 Å². The van der Waals surface area contributed by atoms with Crippen LogP contribution in [0, 0.1) is 0 Å². The van der Waals surface area contributed by atoms with Gasteiger partial charge in [0.15, 0.2) is 0 Å². The normalized spacial score (nSPS) is 11.4. The highest BCUT2D eigenvalue weighted by molar-refractivity contribution is 6.88. The molecule has 100 valence electrons. The summed E-state index contributed by atoms with van der Waals surface area (Å²) in [5, 5.41) is 1.50. The summed E-state index contributed by atoms with van der Waals surface area (Å²) in [6.45, 7) is 9.84. The van der Waals surface area contributed by atoms with E-state index < -0.39 is 8.07 Å². The van der Waals surface area contributed by atoms with E-state index in [0.29, 0.717) is 6.61 Å². The third kappa shape index (κ3) is 3.48. The van der Waals surface area contributed by atoms with Gasteiger partial charge in [0, 0.05) is 0 Å². The molecule has 0 saturated heterocycles. The third-order valence-electron chi connectivity index (χ3n) is 3.25. The fourth-order valence-electron chi connectivity index (χ4n) is 2.07. The summed E-state index contributed by atoms with van der Waals surface area (Å²) in [6.07, 6.45) is 0. The Balaban J connectivity index is 2.22. The number of rotatable bonds is 4. The number of hydrogen-bond donors (Lipinski definition) is 0. The zero-order chi connectivity index (χ0) is 13.9. The topological polar surface area (TPSA) is 9.23 Å². The van der Waals surface area contributed by atoms with Crippen molar-refractivity contribution in [3.05, 3.63) is 48.5 Å². The largest absolute Gasteiger partial charge is 0.494 e. The lowest BCUT2D eigenvalue weighted by molar-refractivity contribution is 0.340. The molecule has 0 aliphatic carbocycles. The molecule has 0 fully saturated rings. The minimum absolute atomic E-state index is 0.713. The van der Waals surface area contributed by atoms with Crippen LogP contribution in [0.5, 0.6) is 5.75 Å². The van der Waals surface area contributed by atoms with E-state index in [-0.39, 0.29) is 0 Å². The minimum atomic E-state index is -1.20. The predicted octanol–water partition coefficient (Wildman–Crippen LogP) is 4.30. The highest BCUT2D eigenvalue weighted by Gasteiger charge is 2.15. The van der Waals surface area contributed by atoms with Crippen molar-refractivity contribution in [3.63, 3.8) is 0 Å². The van der Waals surface area contributed by atoms with E-state index in [1.807, 2.05) is 19.1 Å². The maximum absolute atomic E-state index is 5.47. The second-order valence-corrected chi connectivity index (χ2v) is 10.9. The second kappa shape index (κ2) is 5.62. The van der Waals surface area contributed by atoms with Crippen LogP contribution < -0.4 is 9.92 Å². The van der Waals surface area contributed by atoms with Crippen LogP contribution in [0.25, 0.3) is 11.1 Å². The van der Waals surface area contributed by atoms with Gasteiger partial charge in [-0.3, -0.25) is 0 Å². The molecule has 0 aromatic heterocycles. The van der Waals surface area contributed by atoms with Crippen LogP contribution >= 0.6 is 0 Å². The Morgan fingerprint density at radius 3 is 1.68 bits per heavy atom. The summed E-state index contributed by atoms with van der Waals surface area (Å²) in [5.74, 6) is 0.935. The third-order valence-corrected chi connectivity index (χ3v) is 5.31. The van der Waals surface area contributed by atoms with Gasteiger partial charge in [-0.1, -0.05) is 61.2 Å². The molecule has 19 heavy (non-hydrogen) atoms. The smallest absolute Gasteiger partial charge is 0.119 e. The predicted molar refractivity (Wildman–Crippen MR) is 86.0 cm³/mol. The SMILES string of the molecule is CCOc1ccc(-c2ccc([Si](C)(C)C)cc2)cc1. The lowest BCUT2D eigenvalue weighted by Crippen LogP contribution is -2.37. The van der Waals surface area contributed by atoms with Crippen LogP contribution in [0.3, 0.4) is 0 Å². The molecule has 0 amide bonds. The molecule has 2 aromatic carbocycles. The first kappa shape index (κ1) is 13.9. The molecular weight excluding hydrogens is 248 g/mol. The quantitative estimate of drug-likeness (QED) is 0.753. The number of benzene rings is 2. The summed E-state index contributed by atoms with van der Waals surface area (Å²) in [4.78, 5) is 0. The Kier molecular flexibility index (Phi) is 4.10. The summed E-state index contributed by atoms with van der Waals surface area (Å²) in [5.41, 5.74) is 2.51. The molecule has 2 heteroatoms. The summed E-state index contributed by atoms with van der Waals surface area (Å²) >= 11 is 0. The average Bonchev–Trinajstić information content (AvgIpc) is 2.39. The van der Waals surface area contributed by atoms with Crippen LogP contribution in [0.2, 0.25) is 19.6 Å². The van der Waals surface area contributed by atoms with Crippen LogP contribution in [0.15, 0.2) is 48.5 Å². The summed E-state index contributed by atoms with van der Waals surface area (Å²) < 4.78 is 5.47. The lowest BCUT2D eigenvalue weighted by Gasteiger charge is -2.16. The van der Waals surface area contributed by atoms with Gasteiger partial charge in [0.1, 0.15) is 5.75 Å². The number of hydrogen-bond acceptors (Lipinski definition) is 1. The molecule has 0 heterocycles. The Labute approximate surface area is 117 Å². The minimum Gasteiger partial charge on any atom is -0.494 e. The summed E-state index contributed by atoms with van der Waals surface area (Å²) in [6, 6.07) is 17.3. The molecule has 0 saturated carbocycles. The monoisotopic (exact) mass is 270 g/mol. The van der Waals surface area contributed by atoms with Crippen molar-refractivity contribution >= 4 is 13.3 Å². The Bertz CT molecular complexity index is 521. The standard InChI is InChI=1S/C17H22OSi/c1-5-18-16-10-6-14(7-11-16)15-8-12-17(13-9-15)19(2,3)4/h6-13H,5H2,1-4H3. The fraction of sp³-hybridized carbons (Fsp3) is 0.294. The van der Waals surface area contributed by atoms with E-state index in [9.17, 15) is 0 Å². The van der Waals surface area contributed by atoms with Gasteiger partial charge in [0.05, 0.1) is 14.7 Å². The van der Waals surface area contributed by atoms with Crippen molar-refractivity contribution in [3.8, 4) is 16.9 Å². The zero-order valence-corrected chi connectivity index (χ0v) is 13.2. The van der Waals surface area contributed by atoms with Crippen LogP contribution in [0.4, 0.5) is 0 Å². The molecule has 0 unspecified atom stereocenters. The van der Waals surface area contributed by atoms with E-state index in [4.69, 9.17) is 4.74 Å². The highest BCUT2D eigenvalue weighted by atomic mass is 28.3. The molecule has 0 spiro atoms. The fourth-order valence-corrected chi connectivity index (χ4v) is 3.24. The first-order valence-electron chi connectivity index (χ1n) is 6.84. The molecule has 0 aliphatic heterocycles. The van der Waals surface area contributed by atoms with Gasteiger partial charge >= 0.3 is 0 Å². The maximum atomic E-state index is 5.47. The van der Waals surface area contributed by atoms with E-state index in [1.165, 1.54) is 16.3 Å². The zero-order valence-electron chi connectivity index (χ0n) is 12.2. The highest BCUT2D eigenvalue weighted by Crippen LogP contribution is 2.22. The molecule has 0 N–H and O–H groups in total. The van der Waals surface area contributed by atoms with Crippen molar-refractivity contribution in [1.82, 2.24) is 0 Å².